The van der Waals surface area contributed by atoms with Crippen molar-refractivity contribution in [3.05, 3.63) is 28.4 Å². The second kappa shape index (κ2) is 8.67. The lowest BCUT2D eigenvalue weighted by Gasteiger charge is -2.13. The molecule has 7 nitrogen and oxygen atoms in total. The first kappa shape index (κ1) is 22.2. The summed E-state index contributed by atoms with van der Waals surface area (Å²) in [5.74, 6) is -2.25. The maximum Gasteiger partial charge on any atom is 0.402 e. The molecule has 0 radical (unpaired) electrons. The van der Waals surface area contributed by atoms with Crippen molar-refractivity contribution in [3.8, 4) is 0 Å². The van der Waals surface area contributed by atoms with Crippen LogP contribution in [0.1, 0.15) is 10.4 Å². The Morgan fingerprint density at radius 1 is 1.17 bits per heavy atom. The van der Waals surface area contributed by atoms with E-state index in [0.29, 0.717) is 3.57 Å². The van der Waals surface area contributed by atoms with Crippen molar-refractivity contribution in [3.63, 3.8) is 0 Å². The fraction of sp³-hybridized carbons (Fsp3) is 0.273. The third kappa shape index (κ3) is 6.13. The largest absolute Gasteiger partial charge is 0.455 e. The molecule has 0 aliphatic heterocycles. The van der Waals surface area contributed by atoms with Crippen LogP contribution in [0.2, 0.25) is 0 Å². The lowest BCUT2D eigenvalue weighted by Crippen LogP contribution is -2.35. The summed E-state index contributed by atoms with van der Waals surface area (Å²) >= 11 is 5.89. The molecule has 0 bridgehead atoms. The second-order valence-electron chi connectivity index (χ2n) is 4.10. The summed E-state index contributed by atoms with van der Waals surface area (Å²) in [7, 11) is -5.71. The highest BCUT2D eigenvalue weighted by molar-refractivity contribution is 14.1. The molecule has 0 aliphatic rings. The van der Waals surface area contributed by atoms with E-state index >= 15 is 0 Å². The number of alkyl halides is 2. The SMILES string of the molecule is O=C(COC(=O)c1cc(I)cc(I)c1I)OCC(F)(F)S(=O)(=O)O. The van der Waals surface area contributed by atoms with Gasteiger partial charge < -0.3 is 9.47 Å². The molecule has 0 aromatic heterocycles. The van der Waals surface area contributed by atoms with Crippen molar-refractivity contribution < 1.29 is 40.8 Å². The molecule has 0 saturated heterocycles. The minimum atomic E-state index is -5.71. The van der Waals surface area contributed by atoms with Crippen LogP contribution in [0.25, 0.3) is 0 Å². The van der Waals surface area contributed by atoms with E-state index < -0.39 is 40.5 Å². The number of hydrogen-bond acceptors (Lipinski definition) is 6. The topological polar surface area (TPSA) is 107 Å². The van der Waals surface area contributed by atoms with Crippen molar-refractivity contribution in [1.82, 2.24) is 0 Å². The molecule has 1 rings (SSSR count). The van der Waals surface area contributed by atoms with E-state index in [4.69, 9.17) is 4.55 Å². The lowest BCUT2D eigenvalue weighted by molar-refractivity contribution is -0.153. The van der Waals surface area contributed by atoms with Gasteiger partial charge in [-0.2, -0.15) is 17.2 Å². The zero-order valence-electron chi connectivity index (χ0n) is 11.3. The Morgan fingerprint density at radius 2 is 1.75 bits per heavy atom. The average molecular weight is 702 g/mol. The number of ether oxygens (including phenoxy) is 2. The van der Waals surface area contributed by atoms with E-state index in [1.165, 1.54) is 6.07 Å². The van der Waals surface area contributed by atoms with E-state index in [1.54, 1.807) is 0 Å². The molecule has 0 aliphatic carbocycles. The first-order valence-electron chi connectivity index (χ1n) is 5.67. The van der Waals surface area contributed by atoms with E-state index in [0.717, 1.165) is 7.14 Å². The molecule has 0 heterocycles. The van der Waals surface area contributed by atoms with E-state index in [9.17, 15) is 26.8 Å². The van der Waals surface area contributed by atoms with Crippen molar-refractivity contribution in [2.75, 3.05) is 13.2 Å². The molecule has 1 aromatic rings. The molecule has 0 atom stereocenters. The van der Waals surface area contributed by atoms with Gasteiger partial charge in [0, 0.05) is 10.7 Å². The van der Waals surface area contributed by atoms with Gasteiger partial charge in [-0.15, -0.1) is 0 Å². The highest BCUT2D eigenvalue weighted by atomic mass is 127. The molecule has 0 spiro atoms. The van der Waals surface area contributed by atoms with Gasteiger partial charge in [-0.05, 0) is 79.9 Å². The maximum atomic E-state index is 12.9. The Kier molecular flexibility index (Phi) is 8.01. The molecule has 0 saturated carbocycles. The van der Waals surface area contributed by atoms with Gasteiger partial charge in [-0.25, -0.2) is 9.59 Å². The molecule has 134 valence electrons. The second-order valence-corrected chi connectivity index (χ2v) is 9.13. The molecule has 0 fully saturated rings. The Morgan fingerprint density at radius 3 is 2.29 bits per heavy atom. The summed E-state index contributed by atoms with van der Waals surface area (Å²) < 4.78 is 65.4. The smallest absolute Gasteiger partial charge is 0.402 e. The summed E-state index contributed by atoms with van der Waals surface area (Å²) in [5.41, 5.74) is 0.183. The number of halogens is 5. The molecule has 0 unspecified atom stereocenters. The number of rotatable bonds is 6. The van der Waals surface area contributed by atoms with Crippen molar-refractivity contribution in [1.29, 1.82) is 0 Å². The molecule has 1 aromatic carbocycles. The van der Waals surface area contributed by atoms with Crippen molar-refractivity contribution >= 4 is 89.8 Å². The molecular weight excluding hydrogens is 695 g/mol. The number of esters is 2. The number of carbonyl (C=O) groups is 2. The van der Waals surface area contributed by atoms with Crippen LogP contribution in [0.15, 0.2) is 12.1 Å². The van der Waals surface area contributed by atoms with E-state index in [-0.39, 0.29) is 5.56 Å². The first-order chi connectivity index (χ1) is 10.8. The third-order valence-corrected chi connectivity index (χ3v) is 6.85. The predicted molar refractivity (Wildman–Crippen MR) is 102 cm³/mol. The molecular formula is C11H7F2I3O7S. The summed E-state index contributed by atoms with van der Waals surface area (Å²) in [6.07, 6.45) is 0. The van der Waals surface area contributed by atoms with Crippen LogP contribution >= 0.6 is 67.8 Å². The summed E-state index contributed by atoms with van der Waals surface area (Å²) in [5, 5.41) is -4.65. The minimum Gasteiger partial charge on any atom is -0.455 e. The summed E-state index contributed by atoms with van der Waals surface area (Å²) in [6, 6.07) is 3.33. The molecule has 13 heteroatoms. The highest BCUT2D eigenvalue weighted by Crippen LogP contribution is 2.24. The molecule has 1 N–H and O–H groups in total. The van der Waals surface area contributed by atoms with Crippen molar-refractivity contribution in [2.24, 2.45) is 0 Å². The third-order valence-electron chi connectivity index (χ3n) is 2.31. The van der Waals surface area contributed by atoms with E-state index in [2.05, 4.69) is 9.47 Å². The van der Waals surface area contributed by atoms with Crippen LogP contribution in [-0.4, -0.2) is 43.4 Å². The van der Waals surface area contributed by atoms with Crippen LogP contribution in [0, 0.1) is 10.7 Å². The monoisotopic (exact) mass is 702 g/mol. The Bertz CT molecular complexity index is 767. The van der Waals surface area contributed by atoms with Gasteiger partial charge in [0.2, 0.25) is 0 Å². The van der Waals surface area contributed by atoms with Crippen LogP contribution in [0.4, 0.5) is 8.78 Å². The fourth-order valence-electron chi connectivity index (χ4n) is 1.19. The lowest BCUT2D eigenvalue weighted by atomic mass is 10.2. The zero-order chi connectivity index (χ0) is 18.7. The maximum absolute atomic E-state index is 12.9. The van der Waals surface area contributed by atoms with Gasteiger partial charge in [0.05, 0.1) is 5.56 Å². The average Bonchev–Trinajstić information content (AvgIpc) is 2.45. The predicted octanol–water partition coefficient (Wildman–Crippen LogP) is 2.68. The van der Waals surface area contributed by atoms with Gasteiger partial charge in [0.1, 0.15) is 0 Å². The van der Waals surface area contributed by atoms with Gasteiger partial charge in [-0.1, -0.05) is 0 Å². The van der Waals surface area contributed by atoms with Crippen LogP contribution in [0.3, 0.4) is 0 Å². The van der Waals surface area contributed by atoms with Gasteiger partial charge in [0.15, 0.2) is 13.2 Å². The standard InChI is InChI=1S/C11H7F2I3O7S/c12-11(13,24(19,20)21)4-23-8(17)3-22-10(18)6-1-5(14)2-7(15)9(6)16/h1-2H,3-4H2,(H,19,20,21). The van der Waals surface area contributed by atoms with E-state index in [1.807, 2.05) is 73.8 Å². The molecule has 0 amide bonds. The van der Waals surface area contributed by atoms with Crippen LogP contribution in [-0.2, 0) is 24.4 Å². The van der Waals surface area contributed by atoms with Crippen molar-refractivity contribution in [2.45, 2.75) is 5.25 Å². The quantitative estimate of drug-likeness (QED) is 0.211. The normalized spacial score (nSPS) is 11.9. The first-order valence-corrected chi connectivity index (χ1v) is 10.3. The Balaban J connectivity index is 2.64. The summed E-state index contributed by atoms with van der Waals surface area (Å²) in [4.78, 5) is 23.2. The number of hydrogen-bond donors (Lipinski definition) is 1. The van der Waals surface area contributed by atoms with Gasteiger partial charge in [-0.3, -0.25) is 4.55 Å². The van der Waals surface area contributed by atoms with Gasteiger partial charge in [0.25, 0.3) is 0 Å². The fourth-order valence-corrected chi connectivity index (χ4v) is 3.77. The Hall–Kier alpha value is 0.120. The number of carbonyl (C=O) groups excluding carboxylic acids is 2. The van der Waals surface area contributed by atoms with Crippen LogP contribution < -0.4 is 0 Å². The van der Waals surface area contributed by atoms with Crippen LogP contribution in [0.5, 0.6) is 0 Å². The zero-order valence-corrected chi connectivity index (χ0v) is 18.6. The van der Waals surface area contributed by atoms with Gasteiger partial charge >= 0.3 is 27.3 Å². The Labute approximate surface area is 176 Å². The number of benzene rings is 1. The highest BCUT2D eigenvalue weighted by Gasteiger charge is 2.45. The minimum absolute atomic E-state index is 0.183. The summed E-state index contributed by atoms with van der Waals surface area (Å²) in [6.45, 7) is -2.88. The molecule has 24 heavy (non-hydrogen) atoms.